The van der Waals surface area contributed by atoms with E-state index in [9.17, 15) is 13.2 Å². The van der Waals surface area contributed by atoms with Crippen LogP contribution in [0.25, 0.3) is 0 Å². The Morgan fingerprint density at radius 1 is 1.35 bits per heavy atom. The summed E-state index contributed by atoms with van der Waals surface area (Å²) in [5, 5.41) is 2.80. The molecule has 1 rings (SSSR count). The number of carbonyl (C=O) groups is 1. The molecule has 0 saturated heterocycles. The highest BCUT2D eigenvalue weighted by Gasteiger charge is 2.18. The molecule has 0 saturated carbocycles. The molecule has 0 aliphatic rings. The lowest BCUT2D eigenvalue weighted by Crippen LogP contribution is -2.41. The lowest BCUT2D eigenvalue weighted by molar-refractivity contribution is -0.121. The quantitative estimate of drug-likeness (QED) is 0.862. The Kier molecular flexibility index (Phi) is 5.05. The van der Waals surface area contributed by atoms with Crippen molar-refractivity contribution >= 4 is 25.6 Å². The lowest BCUT2D eigenvalue weighted by atomic mass is 10.1. The van der Waals surface area contributed by atoms with E-state index in [4.69, 9.17) is 15.4 Å². The largest absolute Gasteiger partial charge is 0.496 e. The van der Waals surface area contributed by atoms with Crippen LogP contribution >= 0.6 is 10.7 Å². The maximum atomic E-state index is 11.9. The minimum atomic E-state index is -3.84. The van der Waals surface area contributed by atoms with Gasteiger partial charge in [-0.25, -0.2) is 8.42 Å². The summed E-state index contributed by atoms with van der Waals surface area (Å²) >= 11 is 0. The van der Waals surface area contributed by atoms with Gasteiger partial charge < -0.3 is 10.1 Å². The van der Waals surface area contributed by atoms with Crippen molar-refractivity contribution in [2.45, 2.75) is 37.6 Å². The molecule has 7 heteroatoms. The summed E-state index contributed by atoms with van der Waals surface area (Å²) in [5.41, 5.74) is 0.108. The standard InChI is InChI=1S/C13H18ClNO4S/c1-13(2,3)15-12(16)8-9-7-10(20(14,17)18)5-6-11(9)19-4/h5-7H,8H2,1-4H3,(H,15,16). The zero-order valence-corrected chi connectivity index (χ0v) is 13.4. The third-order valence-electron chi connectivity index (χ3n) is 2.40. The zero-order chi connectivity index (χ0) is 15.6. The van der Waals surface area contributed by atoms with Crippen molar-refractivity contribution in [1.29, 1.82) is 0 Å². The third kappa shape index (κ3) is 5.02. The molecule has 0 bridgehead atoms. The fraction of sp³-hybridized carbons (Fsp3) is 0.462. The molecule has 1 amide bonds. The Morgan fingerprint density at radius 2 is 1.95 bits per heavy atom. The normalized spacial score (nSPS) is 12.1. The van der Waals surface area contributed by atoms with Gasteiger partial charge in [-0.2, -0.15) is 0 Å². The second kappa shape index (κ2) is 6.01. The van der Waals surface area contributed by atoms with Crippen LogP contribution in [0.1, 0.15) is 26.3 Å². The SMILES string of the molecule is COc1ccc(S(=O)(=O)Cl)cc1CC(=O)NC(C)(C)C. The average molecular weight is 320 g/mol. The molecule has 1 N–H and O–H groups in total. The van der Waals surface area contributed by atoms with Crippen LogP contribution in [-0.2, 0) is 20.3 Å². The molecule has 5 nitrogen and oxygen atoms in total. The number of rotatable bonds is 4. The molecule has 0 aromatic heterocycles. The second-order valence-electron chi connectivity index (χ2n) is 5.39. The fourth-order valence-corrected chi connectivity index (χ4v) is 2.48. The van der Waals surface area contributed by atoms with E-state index >= 15 is 0 Å². The monoisotopic (exact) mass is 319 g/mol. The predicted molar refractivity (Wildman–Crippen MR) is 77.6 cm³/mol. The van der Waals surface area contributed by atoms with Crippen molar-refractivity contribution in [2.24, 2.45) is 0 Å². The Bertz CT molecular complexity index is 605. The van der Waals surface area contributed by atoms with Gasteiger partial charge in [0.05, 0.1) is 18.4 Å². The minimum absolute atomic E-state index is 0.0146. The molecular weight excluding hydrogens is 302 g/mol. The van der Waals surface area contributed by atoms with Gasteiger partial charge in [-0.1, -0.05) is 0 Å². The Hall–Kier alpha value is -1.27. The van der Waals surface area contributed by atoms with E-state index in [1.165, 1.54) is 25.3 Å². The topological polar surface area (TPSA) is 72.5 Å². The Balaban J connectivity index is 3.07. The molecule has 112 valence electrons. The van der Waals surface area contributed by atoms with Crippen molar-refractivity contribution in [3.05, 3.63) is 23.8 Å². The zero-order valence-electron chi connectivity index (χ0n) is 11.9. The number of nitrogens with one attached hydrogen (secondary N) is 1. The second-order valence-corrected chi connectivity index (χ2v) is 7.95. The molecule has 0 aliphatic heterocycles. The fourth-order valence-electron chi connectivity index (χ4n) is 1.68. The van der Waals surface area contributed by atoms with Crippen LogP contribution in [0.15, 0.2) is 23.1 Å². The van der Waals surface area contributed by atoms with Gasteiger partial charge in [0.15, 0.2) is 0 Å². The van der Waals surface area contributed by atoms with Crippen LogP contribution in [0.2, 0.25) is 0 Å². The number of hydrogen-bond acceptors (Lipinski definition) is 4. The molecule has 1 aromatic carbocycles. The van der Waals surface area contributed by atoms with Gasteiger partial charge in [0.2, 0.25) is 5.91 Å². The van der Waals surface area contributed by atoms with Crippen molar-refractivity contribution in [2.75, 3.05) is 7.11 Å². The van der Waals surface area contributed by atoms with Crippen molar-refractivity contribution in [1.82, 2.24) is 5.32 Å². The van der Waals surface area contributed by atoms with Crippen molar-refractivity contribution in [3.8, 4) is 5.75 Å². The molecule has 0 radical (unpaired) electrons. The highest BCUT2D eigenvalue weighted by molar-refractivity contribution is 8.13. The molecule has 0 aliphatic carbocycles. The summed E-state index contributed by atoms with van der Waals surface area (Å²) in [6, 6.07) is 4.17. The van der Waals surface area contributed by atoms with Gasteiger partial charge in [0, 0.05) is 21.8 Å². The number of benzene rings is 1. The Labute approximate surface area is 123 Å². The smallest absolute Gasteiger partial charge is 0.261 e. The van der Waals surface area contributed by atoms with E-state index in [1.807, 2.05) is 20.8 Å². The number of amides is 1. The van der Waals surface area contributed by atoms with Crippen LogP contribution in [-0.4, -0.2) is 27.0 Å². The number of ether oxygens (including phenoxy) is 1. The van der Waals surface area contributed by atoms with E-state index in [-0.39, 0.29) is 22.8 Å². The van der Waals surface area contributed by atoms with Crippen LogP contribution in [0, 0.1) is 0 Å². The number of hydrogen-bond donors (Lipinski definition) is 1. The molecule has 0 atom stereocenters. The highest BCUT2D eigenvalue weighted by Crippen LogP contribution is 2.25. The van der Waals surface area contributed by atoms with E-state index in [0.717, 1.165) is 0 Å². The Morgan fingerprint density at radius 3 is 2.40 bits per heavy atom. The van der Waals surface area contributed by atoms with Gasteiger partial charge in [-0.15, -0.1) is 0 Å². The molecule has 0 spiro atoms. The molecule has 0 fully saturated rings. The van der Waals surface area contributed by atoms with Gasteiger partial charge >= 0.3 is 0 Å². The minimum Gasteiger partial charge on any atom is -0.496 e. The van der Waals surface area contributed by atoms with Crippen LogP contribution in [0.5, 0.6) is 5.75 Å². The summed E-state index contributed by atoms with van der Waals surface area (Å²) in [4.78, 5) is 11.9. The maximum Gasteiger partial charge on any atom is 0.261 e. The van der Waals surface area contributed by atoms with Crippen LogP contribution < -0.4 is 10.1 Å². The van der Waals surface area contributed by atoms with Gasteiger partial charge in [-0.3, -0.25) is 4.79 Å². The van der Waals surface area contributed by atoms with Gasteiger partial charge in [-0.05, 0) is 39.0 Å². The van der Waals surface area contributed by atoms with Gasteiger partial charge in [0.25, 0.3) is 9.05 Å². The molecule has 0 heterocycles. The highest BCUT2D eigenvalue weighted by atomic mass is 35.7. The first-order valence-electron chi connectivity index (χ1n) is 5.95. The first-order valence-corrected chi connectivity index (χ1v) is 8.26. The molecule has 0 unspecified atom stereocenters. The first kappa shape index (κ1) is 16.8. The van der Waals surface area contributed by atoms with E-state index in [0.29, 0.717) is 11.3 Å². The maximum absolute atomic E-state index is 11.9. The number of carbonyl (C=O) groups excluding carboxylic acids is 1. The molecule has 1 aromatic rings. The van der Waals surface area contributed by atoms with Gasteiger partial charge in [0.1, 0.15) is 5.75 Å². The number of methoxy groups -OCH3 is 1. The number of halogens is 1. The molecule has 20 heavy (non-hydrogen) atoms. The van der Waals surface area contributed by atoms with E-state index in [1.54, 1.807) is 0 Å². The summed E-state index contributed by atoms with van der Waals surface area (Å²) in [6.45, 7) is 5.59. The molecular formula is C13H18ClNO4S. The van der Waals surface area contributed by atoms with Crippen LogP contribution in [0.4, 0.5) is 0 Å². The van der Waals surface area contributed by atoms with E-state index in [2.05, 4.69) is 5.32 Å². The van der Waals surface area contributed by atoms with E-state index < -0.39 is 9.05 Å². The predicted octanol–water partition coefficient (Wildman–Crippen LogP) is 2.08. The van der Waals surface area contributed by atoms with Crippen molar-refractivity contribution < 1.29 is 17.9 Å². The summed E-state index contributed by atoms with van der Waals surface area (Å²) in [6.07, 6.45) is 0.0146. The lowest BCUT2D eigenvalue weighted by Gasteiger charge is -2.21. The summed E-state index contributed by atoms with van der Waals surface area (Å²) < 4.78 is 27.8. The summed E-state index contributed by atoms with van der Waals surface area (Å²) in [5.74, 6) is 0.220. The first-order chi connectivity index (χ1) is 9.03. The average Bonchev–Trinajstić information content (AvgIpc) is 2.24. The summed E-state index contributed by atoms with van der Waals surface area (Å²) in [7, 11) is 2.92. The van der Waals surface area contributed by atoms with Crippen LogP contribution in [0.3, 0.4) is 0 Å². The third-order valence-corrected chi connectivity index (χ3v) is 3.75. The van der Waals surface area contributed by atoms with Crippen molar-refractivity contribution in [3.63, 3.8) is 0 Å².